The predicted molar refractivity (Wildman–Crippen MR) is 125 cm³/mol. The van der Waals surface area contributed by atoms with E-state index in [4.69, 9.17) is 10.5 Å². The van der Waals surface area contributed by atoms with Crippen LogP contribution in [0.1, 0.15) is 43.5 Å². The molecule has 1 atom stereocenters. The number of hydrogen-bond acceptors (Lipinski definition) is 7. The van der Waals surface area contributed by atoms with E-state index in [9.17, 15) is 5.26 Å². The molecule has 1 aromatic carbocycles. The monoisotopic (exact) mass is 433 g/mol. The van der Waals surface area contributed by atoms with Crippen molar-refractivity contribution in [2.75, 3.05) is 32.0 Å². The highest BCUT2D eigenvalue weighted by molar-refractivity contribution is 5.88. The van der Waals surface area contributed by atoms with Gasteiger partial charge in [-0.1, -0.05) is 37.6 Å². The van der Waals surface area contributed by atoms with Crippen LogP contribution >= 0.6 is 0 Å². The van der Waals surface area contributed by atoms with Crippen molar-refractivity contribution in [2.45, 2.75) is 45.8 Å². The van der Waals surface area contributed by atoms with Gasteiger partial charge in [0.1, 0.15) is 17.6 Å². The Kier molecular flexibility index (Phi) is 6.88. The summed E-state index contributed by atoms with van der Waals surface area (Å²) in [6.45, 7) is 9.50. The molecule has 0 spiro atoms. The highest BCUT2D eigenvalue weighted by Crippen LogP contribution is 2.26. The molecule has 3 aromatic rings. The average molecular weight is 434 g/mol. The maximum Gasteiger partial charge on any atom is 0.320 e. The minimum Gasteiger partial charge on any atom is -0.463 e. The summed E-state index contributed by atoms with van der Waals surface area (Å²) in [6.07, 6.45) is 1.95. The van der Waals surface area contributed by atoms with Gasteiger partial charge in [-0.3, -0.25) is 4.90 Å². The van der Waals surface area contributed by atoms with Gasteiger partial charge in [-0.2, -0.15) is 15.2 Å². The minimum atomic E-state index is 0.257. The van der Waals surface area contributed by atoms with Crippen LogP contribution in [0.3, 0.4) is 0 Å². The molecule has 3 heterocycles. The number of unbranched alkanes of at least 4 members (excludes halogenated alkanes) is 1. The van der Waals surface area contributed by atoms with Gasteiger partial charge in [0.25, 0.3) is 0 Å². The summed E-state index contributed by atoms with van der Waals surface area (Å²) in [5, 5.41) is 13.8. The summed E-state index contributed by atoms with van der Waals surface area (Å²) < 4.78 is 7.55. The van der Waals surface area contributed by atoms with Gasteiger partial charge in [0.05, 0.1) is 18.5 Å². The number of aromatic nitrogens is 3. The van der Waals surface area contributed by atoms with Gasteiger partial charge in [0.2, 0.25) is 0 Å². The Hall–Kier alpha value is -3.15. The molecule has 0 saturated carbocycles. The third-order valence-corrected chi connectivity index (χ3v) is 5.83. The van der Waals surface area contributed by atoms with Crippen LogP contribution in [0.15, 0.2) is 30.3 Å². The van der Waals surface area contributed by atoms with Crippen molar-refractivity contribution < 1.29 is 4.74 Å². The van der Waals surface area contributed by atoms with Gasteiger partial charge in [0.15, 0.2) is 5.65 Å². The molecule has 0 amide bonds. The number of nitrogens with two attached hydrogens (primary N) is 1. The molecule has 8 heteroatoms. The number of piperazine rings is 1. The van der Waals surface area contributed by atoms with E-state index in [1.54, 1.807) is 6.07 Å². The van der Waals surface area contributed by atoms with Crippen LogP contribution in [-0.4, -0.2) is 51.7 Å². The number of anilines is 1. The van der Waals surface area contributed by atoms with E-state index in [1.165, 1.54) is 5.56 Å². The van der Waals surface area contributed by atoms with Crippen LogP contribution in [0.25, 0.3) is 11.0 Å². The molecule has 4 rings (SSSR count). The number of fused-ring (bicyclic) bond motifs is 1. The topological polar surface area (TPSA) is 105 Å². The van der Waals surface area contributed by atoms with E-state index < -0.39 is 0 Å². The molecule has 8 nitrogen and oxygen atoms in total. The second-order valence-corrected chi connectivity index (χ2v) is 8.47. The van der Waals surface area contributed by atoms with Gasteiger partial charge in [-0.25, -0.2) is 0 Å². The zero-order chi connectivity index (χ0) is 22.5. The summed E-state index contributed by atoms with van der Waals surface area (Å²) in [6, 6.07) is 13.4. The van der Waals surface area contributed by atoms with Crippen molar-refractivity contribution >= 4 is 16.9 Å². The van der Waals surface area contributed by atoms with Gasteiger partial charge in [0, 0.05) is 32.2 Å². The van der Waals surface area contributed by atoms with Crippen molar-refractivity contribution in [3.8, 4) is 12.1 Å². The molecule has 0 bridgehead atoms. The Morgan fingerprint density at radius 3 is 2.66 bits per heavy atom. The smallest absolute Gasteiger partial charge is 0.320 e. The van der Waals surface area contributed by atoms with Crippen LogP contribution in [0.5, 0.6) is 6.01 Å². The highest BCUT2D eigenvalue weighted by Gasteiger charge is 2.17. The second kappa shape index (κ2) is 9.98. The quantitative estimate of drug-likeness (QED) is 0.526. The zero-order valence-electron chi connectivity index (χ0n) is 18.8. The summed E-state index contributed by atoms with van der Waals surface area (Å²) in [7, 11) is 0. The van der Waals surface area contributed by atoms with Crippen molar-refractivity contribution in [3.63, 3.8) is 0 Å². The van der Waals surface area contributed by atoms with E-state index in [2.05, 4.69) is 64.4 Å². The number of hydrogen-bond donors (Lipinski definition) is 2. The van der Waals surface area contributed by atoms with Crippen LogP contribution in [0.2, 0.25) is 0 Å². The Bertz CT molecular complexity index is 1100. The molecular formula is C24H31N7O. The maximum atomic E-state index is 9.68. The number of rotatable bonds is 8. The Morgan fingerprint density at radius 2 is 1.97 bits per heavy atom. The van der Waals surface area contributed by atoms with E-state index in [-0.39, 0.29) is 6.01 Å². The molecule has 1 aliphatic rings. The summed E-state index contributed by atoms with van der Waals surface area (Å²) in [5.41, 5.74) is 9.67. The van der Waals surface area contributed by atoms with Crippen molar-refractivity contribution in [3.05, 3.63) is 47.2 Å². The minimum absolute atomic E-state index is 0.257. The molecule has 32 heavy (non-hydrogen) atoms. The normalized spacial score (nSPS) is 16.8. The van der Waals surface area contributed by atoms with Gasteiger partial charge < -0.3 is 20.4 Å². The van der Waals surface area contributed by atoms with E-state index in [0.717, 1.165) is 44.6 Å². The fraction of sp³-hybridized carbons (Fsp3) is 0.458. The number of nitriles is 1. The van der Waals surface area contributed by atoms with E-state index in [0.29, 0.717) is 41.7 Å². The first-order valence-corrected chi connectivity index (χ1v) is 11.3. The van der Waals surface area contributed by atoms with E-state index >= 15 is 0 Å². The number of ether oxygens (including phenoxy) is 1. The standard InChI is InChI=1S/C24H31N7O/c1-3-4-11-32-24-28-22(26)21-12-20(13-25)31(23(21)29-24)16-19-7-5-18(6-8-19)15-30-10-9-27-17(2)14-30/h5-8,12,17,27H,3-4,9-11,14-16H2,1-2H3,(H2,26,28,29)/t17-/m0/s1. The average Bonchev–Trinajstić information content (AvgIpc) is 3.13. The first kappa shape index (κ1) is 22.1. The number of nitrogen functional groups attached to an aromatic ring is 1. The zero-order valence-corrected chi connectivity index (χ0v) is 18.8. The lowest BCUT2D eigenvalue weighted by atomic mass is 10.1. The van der Waals surface area contributed by atoms with Crippen LogP contribution in [-0.2, 0) is 13.1 Å². The predicted octanol–water partition coefficient (Wildman–Crippen LogP) is 2.91. The summed E-state index contributed by atoms with van der Waals surface area (Å²) in [4.78, 5) is 11.3. The lowest BCUT2D eigenvalue weighted by Gasteiger charge is -2.31. The SMILES string of the molecule is CCCCOc1nc(N)c2cc(C#N)n(Cc3ccc(CN4CCN[C@@H](C)C4)cc3)c2n1. The van der Waals surface area contributed by atoms with Crippen molar-refractivity contribution in [2.24, 2.45) is 0 Å². The molecule has 1 fully saturated rings. The van der Waals surface area contributed by atoms with Crippen LogP contribution in [0, 0.1) is 11.3 Å². The molecule has 0 aliphatic carbocycles. The first-order chi connectivity index (χ1) is 15.6. The Morgan fingerprint density at radius 1 is 1.22 bits per heavy atom. The molecule has 0 unspecified atom stereocenters. The third kappa shape index (κ3) is 5.01. The Labute approximate surface area is 189 Å². The molecule has 0 radical (unpaired) electrons. The lowest BCUT2D eigenvalue weighted by Crippen LogP contribution is -2.48. The molecule has 1 saturated heterocycles. The molecule has 2 aromatic heterocycles. The first-order valence-electron chi connectivity index (χ1n) is 11.3. The third-order valence-electron chi connectivity index (χ3n) is 5.83. The van der Waals surface area contributed by atoms with Crippen LogP contribution in [0.4, 0.5) is 5.82 Å². The van der Waals surface area contributed by atoms with Gasteiger partial charge >= 0.3 is 6.01 Å². The highest BCUT2D eigenvalue weighted by atomic mass is 16.5. The Balaban J connectivity index is 1.54. The van der Waals surface area contributed by atoms with Crippen LogP contribution < -0.4 is 15.8 Å². The number of benzene rings is 1. The van der Waals surface area contributed by atoms with Gasteiger partial charge in [-0.05, 0) is 30.5 Å². The van der Waals surface area contributed by atoms with Gasteiger partial charge in [-0.15, -0.1) is 0 Å². The molecule has 1 aliphatic heterocycles. The van der Waals surface area contributed by atoms with E-state index in [1.807, 2.05) is 4.57 Å². The number of nitrogens with one attached hydrogen (secondary N) is 1. The summed E-state index contributed by atoms with van der Waals surface area (Å²) in [5.74, 6) is 0.331. The summed E-state index contributed by atoms with van der Waals surface area (Å²) >= 11 is 0. The second-order valence-electron chi connectivity index (χ2n) is 8.47. The lowest BCUT2D eigenvalue weighted by molar-refractivity contribution is 0.199. The fourth-order valence-corrected chi connectivity index (χ4v) is 4.10. The largest absolute Gasteiger partial charge is 0.463 e. The van der Waals surface area contributed by atoms with Crippen molar-refractivity contribution in [1.82, 2.24) is 24.8 Å². The molecule has 3 N–H and O–H groups in total. The number of nitrogens with zero attached hydrogens (tertiary/aromatic N) is 5. The molecular weight excluding hydrogens is 402 g/mol. The fourth-order valence-electron chi connectivity index (χ4n) is 4.10. The maximum absolute atomic E-state index is 9.68. The van der Waals surface area contributed by atoms with Crippen molar-refractivity contribution in [1.29, 1.82) is 5.26 Å². The molecule has 168 valence electrons.